The first-order valence-corrected chi connectivity index (χ1v) is 14.2. The van der Waals surface area contributed by atoms with Gasteiger partial charge in [-0.2, -0.15) is 0 Å². The van der Waals surface area contributed by atoms with Crippen molar-refractivity contribution in [2.75, 3.05) is 45.7 Å². The second-order valence-corrected chi connectivity index (χ2v) is 10.8. The lowest BCUT2D eigenvalue weighted by Crippen LogP contribution is -2.45. The Hall–Kier alpha value is -3.58. The molecule has 0 bridgehead atoms. The quantitative estimate of drug-likeness (QED) is 0.367. The summed E-state index contributed by atoms with van der Waals surface area (Å²) in [6.07, 6.45) is 4.40. The number of likely N-dealkylation sites (tertiary alicyclic amines) is 2. The zero-order valence-electron chi connectivity index (χ0n) is 22.8. The van der Waals surface area contributed by atoms with E-state index in [9.17, 15) is 4.79 Å². The van der Waals surface area contributed by atoms with E-state index >= 15 is 0 Å². The van der Waals surface area contributed by atoms with Crippen LogP contribution in [0.3, 0.4) is 0 Å². The second-order valence-electron chi connectivity index (χ2n) is 10.4. The number of benzene rings is 3. The molecule has 0 unspecified atom stereocenters. The van der Waals surface area contributed by atoms with Crippen LogP contribution in [0.25, 0.3) is 11.1 Å². The van der Waals surface area contributed by atoms with Gasteiger partial charge in [-0.15, -0.1) is 0 Å². The van der Waals surface area contributed by atoms with Crippen molar-refractivity contribution in [1.82, 2.24) is 9.80 Å². The molecule has 2 aliphatic heterocycles. The number of nitrogens with one attached hydrogen (secondary N) is 1. The molecule has 204 valence electrons. The summed E-state index contributed by atoms with van der Waals surface area (Å²) in [5.41, 5.74) is 3.92. The second kappa shape index (κ2) is 12.5. The molecule has 1 N–H and O–H groups in total. The average Bonchev–Trinajstić information content (AvgIpc) is 3.01. The predicted octanol–water partition coefficient (Wildman–Crippen LogP) is 6.33. The lowest BCUT2D eigenvalue weighted by molar-refractivity contribution is 0.0627. The van der Waals surface area contributed by atoms with Crippen LogP contribution >= 0.6 is 12.2 Å². The van der Waals surface area contributed by atoms with E-state index in [2.05, 4.69) is 22.3 Å². The Morgan fingerprint density at radius 3 is 1.95 bits per heavy atom. The van der Waals surface area contributed by atoms with Gasteiger partial charge in [0.1, 0.15) is 11.5 Å². The maximum Gasteiger partial charge on any atom is 0.253 e. The number of carbonyl (C=O) groups is 1. The summed E-state index contributed by atoms with van der Waals surface area (Å²) in [7, 11) is 3.29. The van der Waals surface area contributed by atoms with Crippen molar-refractivity contribution in [1.29, 1.82) is 0 Å². The van der Waals surface area contributed by atoms with Crippen LogP contribution in [0.1, 0.15) is 36.0 Å². The summed E-state index contributed by atoms with van der Waals surface area (Å²) in [5, 5.41) is 4.09. The Labute approximate surface area is 236 Å². The maximum absolute atomic E-state index is 13.2. The molecule has 5 rings (SSSR count). The topological polar surface area (TPSA) is 54.0 Å². The Morgan fingerprint density at radius 1 is 0.769 bits per heavy atom. The number of carbonyl (C=O) groups excluding carboxylic acids is 1. The SMILES string of the molecule is COc1ccc(NC(=S)N2CCC(C3CCN(C(=O)c4ccc(-c5ccccc5)cc4)CC3)CC2)c(OC)c1. The number of piperidine rings is 2. The third-order valence-electron chi connectivity index (χ3n) is 8.21. The molecular weight excluding hydrogens is 506 g/mol. The molecular formula is C32H37N3O3S. The monoisotopic (exact) mass is 543 g/mol. The molecule has 39 heavy (non-hydrogen) atoms. The number of hydrogen-bond acceptors (Lipinski definition) is 4. The molecule has 0 aromatic heterocycles. The number of amides is 1. The van der Waals surface area contributed by atoms with Crippen LogP contribution in [0.5, 0.6) is 11.5 Å². The smallest absolute Gasteiger partial charge is 0.253 e. The number of methoxy groups -OCH3 is 2. The fourth-order valence-corrected chi connectivity index (χ4v) is 6.15. The molecule has 2 fully saturated rings. The van der Waals surface area contributed by atoms with Crippen molar-refractivity contribution in [3.05, 3.63) is 78.4 Å². The van der Waals surface area contributed by atoms with Crippen molar-refractivity contribution in [3.63, 3.8) is 0 Å². The largest absolute Gasteiger partial charge is 0.497 e. The first-order valence-electron chi connectivity index (χ1n) is 13.8. The molecule has 7 heteroatoms. The van der Waals surface area contributed by atoms with Gasteiger partial charge in [0.15, 0.2) is 5.11 Å². The van der Waals surface area contributed by atoms with E-state index < -0.39 is 0 Å². The molecule has 0 saturated carbocycles. The summed E-state index contributed by atoms with van der Waals surface area (Å²) < 4.78 is 10.8. The fourth-order valence-electron chi connectivity index (χ4n) is 5.86. The number of hydrogen-bond donors (Lipinski definition) is 1. The molecule has 0 radical (unpaired) electrons. The van der Waals surface area contributed by atoms with E-state index in [1.165, 1.54) is 5.56 Å². The molecule has 3 aromatic carbocycles. The van der Waals surface area contributed by atoms with Crippen LogP contribution in [0, 0.1) is 11.8 Å². The number of anilines is 1. The minimum Gasteiger partial charge on any atom is -0.497 e. The first-order chi connectivity index (χ1) is 19.1. The van der Waals surface area contributed by atoms with Crippen molar-refractivity contribution >= 4 is 28.9 Å². The zero-order chi connectivity index (χ0) is 27.2. The van der Waals surface area contributed by atoms with Gasteiger partial charge in [0.05, 0.1) is 19.9 Å². The van der Waals surface area contributed by atoms with Gasteiger partial charge in [0.2, 0.25) is 0 Å². The average molecular weight is 544 g/mol. The van der Waals surface area contributed by atoms with Crippen LogP contribution in [-0.2, 0) is 0 Å². The minimum absolute atomic E-state index is 0.147. The molecule has 2 saturated heterocycles. The number of nitrogens with zero attached hydrogens (tertiary/aromatic N) is 2. The Balaban J connectivity index is 1.09. The highest BCUT2D eigenvalue weighted by Crippen LogP contribution is 2.34. The van der Waals surface area contributed by atoms with Gasteiger partial charge in [0.25, 0.3) is 5.91 Å². The molecule has 6 nitrogen and oxygen atoms in total. The molecule has 0 atom stereocenters. The van der Waals surface area contributed by atoms with E-state index in [0.29, 0.717) is 17.6 Å². The van der Waals surface area contributed by atoms with Crippen molar-refractivity contribution in [2.45, 2.75) is 25.7 Å². The maximum atomic E-state index is 13.2. The van der Waals surface area contributed by atoms with Crippen LogP contribution < -0.4 is 14.8 Å². The molecule has 3 aromatic rings. The van der Waals surface area contributed by atoms with Crippen LogP contribution in [0.4, 0.5) is 5.69 Å². The molecule has 0 aliphatic carbocycles. The van der Waals surface area contributed by atoms with E-state index in [4.69, 9.17) is 21.7 Å². The zero-order valence-corrected chi connectivity index (χ0v) is 23.6. The third-order valence-corrected chi connectivity index (χ3v) is 8.57. The Kier molecular flexibility index (Phi) is 8.67. The lowest BCUT2D eigenvalue weighted by Gasteiger charge is -2.41. The Morgan fingerprint density at radius 2 is 1.36 bits per heavy atom. The lowest BCUT2D eigenvalue weighted by atomic mass is 9.79. The van der Waals surface area contributed by atoms with Gasteiger partial charge >= 0.3 is 0 Å². The highest BCUT2D eigenvalue weighted by atomic mass is 32.1. The molecule has 2 aliphatic rings. The van der Waals surface area contributed by atoms with Crippen LogP contribution in [0.2, 0.25) is 0 Å². The van der Waals surface area contributed by atoms with Crippen molar-refractivity contribution < 1.29 is 14.3 Å². The summed E-state index contributed by atoms with van der Waals surface area (Å²) >= 11 is 5.73. The summed E-state index contributed by atoms with van der Waals surface area (Å²) in [5.74, 6) is 2.95. The van der Waals surface area contributed by atoms with Crippen LogP contribution in [-0.4, -0.2) is 61.2 Å². The minimum atomic E-state index is 0.147. The van der Waals surface area contributed by atoms with E-state index in [1.54, 1.807) is 14.2 Å². The summed E-state index contributed by atoms with van der Waals surface area (Å²) in [6, 6.07) is 24.0. The van der Waals surface area contributed by atoms with E-state index in [1.807, 2.05) is 65.6 Å². The standard InChI is InChI=1S/C32H37N3O3S/c1-37-28-12-13-29(30(22-28)38-2)33-32(39)35-20-16-26(17-21-35)25-14-18-34(19-15-25)31(36)27-10-8-24(9-11-27)23-6-4-3-5-7-23/h3-13,22,25-26H,14-21H2,1-2H3,(H,33,39). The summed E-state index contributed by atoms with van der Waals surface area (Å²) in [4.78, 5) is 17.5. The molecule has 2 heterocycles. The molecule has 1 amide bonds. The van der Waals surface area contributed by atoms with Gasteiger partial charge in [-0.05, 0) is 85.1 Å². The normalized spacial score (nSPS) is 16.6. The van der Waals surface area contributed by atoms with Gasteiger partial charge in [0, 0.05) is 37.8 Å². The Bertz CT molecular complexity index is 1270. The van der Waals surface area contributed by atoms with E-state index in [0.717, 1.165) is 79.5 Å². The van der Waals surface area contributed by atoms with Gasteiger partial charge in [-0.25, -0.2) is 0 Å². The van der Waals surface area contributed by atoms with Gasteiger partial charge in [-0.3, -0.25) is 4.79 Å². The fraction of sp³-hybridized carbons (Fsp3) is 0.375. The van der Waals surface area contributed by atoms with Crippen molar-refractivity contribution in [3.8, 4) is 22.6 Å². The van der Waals surface area contributed by atoms with E-state index in [-0.39, 0.29) is 5.91 Å². The van der Waals surface area contributed by atoms with Crippen molar-refractivity contribution in [2.24, 2.45) is 11.8 Å². The predicted molar refractivity (Wildman–Crippen MR) is 161 cm³/mol. The summed E-state index contributed by atoms with van der Waals surface area (Å²) in [6.45, 7) is 3.56. The number of ether oxygens (including phenoxy) is 2. The number of thiocarbonyl (C=S) groups is 1. The molecule has 0 spiro atoms. The third kappa shape index (κ3) is 6.36. The first kappa shape index (κ1) is 27.0. The van der Waals surface area contributed by atoms with Gasteiger partial charge < -0.3 is 24.6 Å². The highest BCUT2D eigenvalue weighted by Gasteiger charge is 2.31. The number of rotatable bonds is 6. The highest BCUT2D eigenvalue weighted by molar-refractivity contribution is 7.80. The van der Waals surface area contributed by atoms with Gasteiger partial charge in [-0.1, -0.05) is 42.5 Å². The van der Waals surface area contributed by atoms with Crippen LogP contribution in [0.15, 0.2) is 72.8 Å².